The second-order valence-electron chi connectivity index (χ2n) is 4.81. The molecule has 0 bridgehead atoms. The molecule has 1 saturated heterocycles. The Balaban J connectivity index is 0.00000242. The number of nitro benzene ring substituents is 1. The van der Waals surface area contributed by atoms with Crippen molar-refractivity contribution in [2.75, 3.05) is 26.7 Å². The van der Waals surface area contributed by atoms with Crippen molar-refractivity contribution in [1.29, 1.82) is 0 Å². The standard InChI is InChI=1S/C13H16FN3O4.ClH/c1-16(9-4-5-15-7-9)13(18)8-21-10-2-3-12(17(19)20)11(14)6-10;/h2-3,6,9,15H,4-5,7-8H2,1H3;1H. The van der Waals surface area contributed by atoms with Crippen LogP contribution in [0.1, 0.15) is 6.42 Å². The number of carbonyl (C=O) groups is 1. The van der Waals surface area contributed by atoms with Crippen LogP contribution in [0.3, 0.4) is 0 Å². The van der Waals surface area contributed by atoms with Crippen molar-refractivity contribution in [2.45, 2.75) is 12.5 Å². The lowest BCUT2D eigenvalue weighted by molar-refractivity contribution is -0.387. The van der Waals surface area contributed by atoms with Crippen LogP contribution in [0.15, 0.2) is 18.2 Å². The number of ether oxygens (including phenoxy) is 1. The van der Waals surface area contributed by atoms with E-state index in [9.17, 15) is 19.3 Å². The van der Waals surface area contributed by atoms with E-state index in [1.165, 1.54) is 6.07 Å². The molecule has 1 aliphatic rings. The molecule has 2 rings (SSSR count). The van der Waals surface area contributed by atoms with Crippen molar-refractivity contribution in [1.82, 2.24) is 10.2 Å². The Kier molecular flexibility index (Phi) is 6.51. The first-order valence-corrected chi connectivity index (χ1v) is 6.52. The Morgan fingerprint density at radius 2 is 2.32 bits per heavy atom. The van der Waals surface area contributed by atoms with Gasteiger partial charge >= 0.3 is 5.69 Å². The summed E-state index contributed by atoms with van der Waals surface area (Å²) < 4.78 is 18.6. The number of nitrogens with zero attached hydrogens (tertiary/aromatic N) is 2. The summed E-state index contributed by atoms with van der Waals surface area (Å²) >= 11 is 0. The molecule has 1 aromatic carbocycles. The van der Waals surface area contributed by atoms with E-state index in [0.717, 1.165) is 31.6 Å². The third-order valence-electron chi connectivity index (χ3n) is 3.45. The summed E-state index contributed by atoms with van der Waals surface area (Å²) in [7, 11) is 1.69. The van der Waals surface area contributed by atoms with Gasteiger partial charge in [-0.3, -0.25) is 14.9 Å². The number of benzene rings is 1. The molecule has 0 saturated carbocycles. The largest absolute Gasteiger partial charge is 0.484 e. The van der Waals surface area contributed by atoms with Gasteiger partial charge in [-0.1, -0.05) is 0 Å². The number of carbonyl (C=O) groups excluding carboxylic acids is 1. The SMILES string of the molecule is CN(C(=O)COc1ccc([N+](=O)[O-])c(F)c1)C1CCNC1.Cl. The third-order valence-corrected chi connectivity index (χ3v) is 3.45. The van der Waals surface area contributed by atoms with E-state index in [2.05, 4.69) is 5.32 Å². The maximum absolute atomic E-state index is 13.4. The van der Waals surface area contributed by atoms with Crippen LogP contribution in [-0.2, 0) is 4.79 Å². The third kappa shape index (κ3) is 4.28. The smallest absolute Gasteiger partial charge is 0.305 e. The molecule has 1 fully saturated rings. The molecule has 0 radical (unpaired) electrons. The fourth-order valence-corrected chi connectivity index (χ4v) is 2.15. The number of likely N-dealkylation sites (N-methyl/N-ethyl adjacent to an activating group) is 1. The van der Waals surface area contributed by atoms with Crippen molar-refractivity contribution in [2.24, 2.45) is 0 Å². The summed E-state index contributed by atoms with van der Waals surface area (Å²) in [6.07, 6.45) is 0.883. The van der Waals surface area contributed by atoms with Gasteiger partial charge in [0.15, 0.2) is 6.61 Å². The highest BCUT2D eigenvalue weighted by Gasteiger charge is 2.23. The molecule has 7 nitrogen and oxygen atoms in total. The maximum Gasteiger partial charge on any atom is 0.305 e. The molecule has 1 heterocycles. The first kappa shape index (κ1) is 18.1. The van der Waals surface area contributed by atoms with Gasteiger partial charge in [0.25, 0.3) is 5.91 Å². The highest BCUT2D eigenvalue weighted by atomic mass is 35.5. The second kappa shape index (κ2) is 7.90. The summed E-state index contributed by atoms with van der Waals surface area (Å²) in [5.41, 5.74) is -0.622. The number of nitro groups is 1. The van der Waals surface area contributed by atoms with Crippen LogP contribution in [0.25, 0.3) is 0 Å². The highest BCUT2D eigenvalue weighted by molar-refractivity contribution is 5.85. The van der Waals surface area contributed by atoms with E-state index >= 15 is 0 Å². The van der Waals surface area contributed by atoms with E-state index in [0.29, 0.717) is 0 Å². The summed E-state index contributed by atoms with van der Waals surface area (Å²) in [6, 6.07) is 3.32. The first-order chi connectivity index (χ1) is 9.99. The topological polar surface area (TPSA) is 84.7 Å². The number of nitrogens with one attached hydrogen (secondary N) is 1. The Morgan fingerprint density at radius 1 is 1.59 bits per heavy atom. The molecule has 122 valence electrons. The van der Waals surface area contributed by atoms with Crippen molar-refractivity contribution in [3.05, 3.63) is 34.1 Å². The molecule has 9 heteroatoms. The zero-order chi connectivity index (χ0) is 15.4. The number of halogens is 2. The molecule has 1 unspecified atom stereocenters. The van der Waals surface area contributed by atoms with Crippen LogP contribution >= 0.6 is 12.4 Å². The predicted octanol–water partition coefficient (Wildman–Crippen LogP) is 1.35. The minimum Gasteiger partial charge on any atom is -0.484 e. The van der Waals surface area contributed by atoms with E-state index in [4.69, 9.17) is 4.74 Å². The zero-order valence-electron chi connectivity index (χ0n) is 12.0. The van der Waals surface area contributed by atoms with Crippen molar-refractivity contribution < 1.29 is 18.8 Å². The summed E-state index contributed by atoms with van der Waals surface area (Å²) in [4.78, 5) is 23.2. The monoisotopic (exact) mass is 333 g/mol. The number of rotatable bonds is 5. The van der Waals surface area contributed by atoms with E-state index < -0.39 is 16.4 Å². The molecule has 0 spiro atoms. The fraction of sp³-hybridized carbons (Fsp3) is 0.462. The number of amides is 1. The molecule has 1 atom stereocenters. The molecule has 0 aromatic heterocycles. The lowest BCUT2D eigenvalue weighted by Gasteiger charge is -2.23. The lowest BCUT2D eigenvalue weighted by Crippen LogP contribution is -2.40. The van der Waals surface area contributed by atoms with E-state index in [1.807, 2.05) is 0 Å². The zero-order valence-corrected chi connectivity index (χ0v) is 12.8. The lowest BCUT2D eigenvalue weighted by atomic mass is 10.2. The molecule has 0 aliphatic carbocycles. The summed E-state index contributed by atoms with van der Waals surface area (Å²) in [5, 5.41) is 13.7. The summed E-state index contributed by atoms with van der Waals surface area (Å²) in [6.45, 7) is 1.38. The Morgan fingerprint density at radius 3 is 2.86 bits per heavy atom. The van der Waals surface area contributed by atoms with Gasteiger partial charge < -0.3 is 15.0 Å². The quantitative estimate of drug-likeness (QED) is 0.649. The Labute approximate surface area is 133 Å². The van der Waals surface area contributed by atoms with Gasteiger partial charge in [-0.25, -0.2) is 0 Å². The summed E-state index contributed by atoms with van der Waals surface area (Å²) in [5.74, 6) is -1.12. The van der Waals surface area contributed by atoms with Gasteiger partial charge in [-0.05, 0) is 19.0 Å². The van der Waals surface area contributed by atoms with Crippen LogP contribution in [0.5, 0.6) is 5.75 Å². The molecule has 1 aromatic rings. The van der Waals surface area contributed by atoms with Gasteiger partial charge in [-0.15, -0.1) is 12.4 Å². The molecular formula is C13H17ClFN3O4. The van der Waals surface area contributed by atoms with Crippen molar-refractivity contribution >= 4 is 24.0 Å². The van der Waals surface area contributed by atoms with Gasteiger partial charge in [0.2, 0.25) is 5.82 Å². The van der Waals surface area contributed by atoms with Crippen molar-refractivity contribution in [3.63, 3.8) is 0 Å². The van der Waals surface area contributed by atoms with Crippen LogP contribution in [0, 0.1) is 15.9 Å². The van der Waals surface area contributed by atoms with Gasteiger partial charge in [0.1, 0.15) is 5.75 Å². The van der Waals surface area contributed by atoms with E-state index in [-0.39, 0.29) is 36.7 Å². The van der Waals surface area contributed by atoms with Crippen LogP contribution in [0.2, 0.25) is 0 Å². The normalized spacial score (nSPS) is 16.7. The van der Waals surface area contributed by atoms with Gasteiger partial charge in [-0.2, -0.15) is 4.39 Å². The van der Waals surface area contributed by atoms with Crippen LogP contribution in [-0.4, -0.2) is 48.5 Å². The average Bonchev–Trinajstić information content (AvgIpc) is 2.97. The van der Waals surface area contributed by atoms with Gasteiger partial charge in [0, 0.05) is 31.8 Å². The minimum atomic E-state index is -0.988. The predicted molar refractivity (Wildman–Crippen MR) is 79.8 cm³/mol. The minimum absolute atomic E-state index is 0. The van der Waals surface area contributed by atoms with Crippen LogP contribution < -0.4 is 10.1 Å². The highest BCUT2D eigenvalue weighted by Crippen LogP contribution is 2.22. The molecule has 1 amide bonds. The fourth-order valence-electron chi connectivity index (χ4n) is 2.15. The molecule has 1 N–H and O–H groups in total. The Hall–Kier alpha value is -1.93. The number of hydrogen-bond donors (Lipinski definition) is 1. The second-order valence-corrected chi connectivity index (χ2v) is 4.81. The van der Waals surface area contributed by atoms with Gasteiger partial charge in [0.05, 0.1) is 4.92 Å². The van der Waals surface area contributed by atoms with Crippen molar-refractivity contribution in [3.8, 4) is 5.75 Å². The Bertz CT molecular complexity index is 552. The van der Waals surface area contributed by atoms with E-state index in [1.54, 1.807) is 11.9 Å². The molecule has 22 heavy (non-hydrogen) atoms. The average molecular weight is 334 g/mol. The number of hydrogen-bond acceptors (Lipinski definition) is 5. The molecule has 1 aliphatic heterocycles. The molecular weight excluding hydrogens is 317 g/mol. The first-order valence-electron chi connectivity index (χ1n) is 6.52. The van der Waals surface area contributed by atoms with Crippen LogP contribution in [0.4, 0.5) is 10.1 Å². The maximum atomic E-state index is 13.4.